The summed E-state index contributed by atoms with van der Waals surface area (Å²) in [6.07, 6.45) is 0. The second kappa shape index (κ2) is 6.49. The van der Waals surface area contributed by atoms with Crippen LogP contribution in [0, 0.1) is 0 Å². The molecule has 0 aliphatic heterocycles. The maximum Gasteiger partial charge on any atom is 0.313 e. The molecular formula is C12H17N3O4S. The Hall–Kier alpha value is -1.93. The third-order valence-corrected chi connectivity index (χ3v) is 3.61. The molecule has 0 aromatic heterocycles. The molecule has 20 heavy (non-hydrogen) atoms. The summed E-state index contributed by atoms with van der Waals surface area (Å²) in [4.78, 5) is 24.8. The van der Waals surface area contributed by atoms with Gasteiger partial charge in [0.1, 0.15) is 0 Å². The van der Waals surface area contributed by atoms with Gasteiger partial charge in [-0.3, -0.25) is 9.59 Å². The molecule has 2 amide bonds. The summed E-state index contributed by atoms with van der Waals surface area (Å²) in [5, 5.41) is 7.36. The molecule has 0 heterocycles. The van der Waals surface area contributed by atoms with Crippen molar-refractivity contribution in [3.05, 3.63) is 24.3 Å². The van der Waals surface area contributed by atoms with Crippen LogP contribution in [0.2, 0.25) is 0 Å². The Morgan fingerprint density at radius 1 is 1.15 bits per heavy atom. The fourth-order valence-corrected chi connectivity index (χ4v) is 2.08. The molecule has 0 radical (unpaired) electrons. The number of carbonyl (C=O) groups excluding carboxylic acids is 2. The van der Waals surface area contributed by atoms with Crippen molar-refractivity contribution in [2.24, 2.45) is 5.14 Å². The maximum atomic E-state index is 11.7. The number of hydrogen-bond acceptors (Lipinski definition) is 4. The molecule has 0 unspecified atom stereocenters. The number of nitrogens with two attached hydrogens (primary N) is 1. The molecule has 0 spiro atoms. The molecule has 0 saturated carbocycles. The lowest BCUT2D eigenvalue weighted by atomic mass is 10.3. The lowest BCUT2D eigenvalue weighted by Crippen LogP contribution is -2.39. The molecule has 8 heteroatoms. The quantitative estimate of drug-likeness (QED) is 0.771. The summed E-state index contributed by atoms with van der Waals surface area (Å²) in [7, 11) is -3.77. The topological polar surface area (TPSA) is 110 Å². The Morgan fingerprint density at radius 3 is 2.05 bits per heavy atom. The third-order valence-electron chi connectivity index (χ3n) is 2.69. The van der Waals surface area contributed by atoms with Crippen molar-refractivity contribution in [1.29, 1.82) is 0 Å². The van der Waals surface area contributed by atoms with E-state index in [1.54, 1.807) is 13.8 Å². The molecule has 1 aromatic carbocycles. The summed E-state index contributed by atoms with van der Waals surface area (Å²) in [6, 6.07) is 5.25. The van der Waals surface area contributed by atoms with Crippen LogP contribution >= 0.6 is 0 Å². The Kier molecular flexibility index (Phi) is 5.23. The number of sulfonamides is 1. The van der Waals surface area contributed by atoms with E-state index in [0.29, 0.717) is 18.8 Å². The zero-order chi connectivity index (χ0) is 15.3. The van der Waals surface area contributed by atoms with Gasteiger partial charge < -0.3 is 10.2 Å². The van der Waals surface area contributed by atoms with Crippen molar-refractivity contribution < 1.29 is 18.0 Å². The van der Waals surface area contributed by atoms with E-state index >= 15 is 0 Å². The predicted octanol–water partition coefficient (Wildman–Crippen LogP) is 0.141. The van der Waals surface area contributed by atoms with Gasteiger partial charge >= 0.3 is 11.8 Å². The number of anilines is 1. The summed E-state index contributed by atoms with van der Waals surface area (Å²) in [5.74, 6) is -1.40. The van der Waals surface area contributed by atoms with Gasteiger partial charge in [0.05, 0.1) is 4.90 Å². The van der Waals surface area contributed by atoms with E-state index < -0.39 is 21.8 Å². The largest absolute Gasteiger partial charge is 0.335 e. The van der Waals surface area contributed by atoms with Crippen molar-refractivity contribution in [3.8, 4) is 0 Å². The number of hydrogen-bond donors (Lipinski definition) is 2. The highest BCUT2D eigenvalue weighted by molar-refractivity contribution is 7.89. The number of carbonyl (C=O) groups is 2. The Morgan fingerprint density at radius 2 is 1.65 bits per heavy atom. The van der Waals surface area contributed by atoms with Crippen LogP contribution in [0.15, 0.2) is 29.2 Å². The first-order chi connectivity index (χ1) is 9.29. The first kappa shape index (κ1) is 16.1. The molecule has 110 valence electrons. The van der Waals surface area contributed by atoms with Gasteiger partial charge in [-0.2, -0.15) is 0 Å². The van der Waals surface area contributed by atoms with Gasteiger partial charge in [-0.25, -0.2) is 13.6 Å². The van der Waals surface area contributed by atoms with Crippen LogP contribution in [0.25, 0.3) is 0 Å². The van der Waals surface area contributed by atoms with Gasteiger partial charge in [0, 0.05) is 18.8 Å². The minimum Gasteiger partial charge on any atom is -0.335 e. The van der Waals surface area contributed by atoms with E-state index in [2.05, 4.69) is 5.32 Å². The highest BCUT2D eigenvalue weighted by atomic mass is 32.2. The van der Waals surface area contributed by atoms with Gasteiger partial charge in [0.2, 0.25) is 10.0 Å². The van der Waals surface area contributed by atoms with Crippen molar-refractivity contribution in [2.75, 3.05) is 18.4 Å². The fraction of sp³-hybridized carbons (Fsp3) is 0.333. The van der Waals surface area contributed by atoms with Crippen molar-refractivity contribution in [1.82, 2.24) is 4.90 Å². The molecule has 0 saturated heterocycles. The number of primary sulfonamides is 1. The predicted molar refractivity (Wildman–Crippen MR) is 74.4 cm³/mol. The van der Waals surface area contributed by atoms with Crippen LogP contribution in [0.4, 0.5) is 5.69 Å². The van der Waals surface area contributed by atoms with Crippen LogP contribution in [0.5, 0.6) is 0 Å². The van der Waals surface area contributed by atoms with Gasteiger partial charge in [-0.1, -0.05) is 0 Å². The molecular weight excluding hydrogens is 282 g/mol. The van der Waals surface area contributed by atoms with E-state index in [0.717, 1.165) is 0 Å². The van der Waals surface area contributed by atoms with Gasteiger partial charge in [-0.15, -0.1) is 0 Å². The lowest BCUT2D eigenvalue weighted by molar-refractivity contribution is -0.142. The van der Waals surface area contributed by atoms with Crippen molar-refractivity contribution in [3.63, 3.8) is 0 Å². The van der Waals surface area contributed by atoms with Gasteiger partial charge in [-0.05, 0) is 38.1 Å². The molecule has 1 aromatic rings. The summed E-state index contributed by atoms with van der Waals surface area (Å²) >= 11 is 0. The zero-order valence-electron chi connectivity index (χ0n) is 11.3. The number of nitrogens with one attached hydrogen (secondary N) is 1. The minimum absolute atomic E-state index is 0.0643. The number of rotatable bonds is 4. The molecule has 7 nitrogen and oxygen atoms in total. The van der Waals surface area contributed by atoms with Crippen molar-refractivity contribution >= 4 is 27.5 Å². The highest BCUT2D eigenvalue weighted by Gasteiger charge is 2.19. The van der Waals surface area contributed by atoms with E-state index in [9.17, 15) is 18.0 Å². The second-order valence-electron chi connectivity index (χ2n) is 4.00. The summed E-state index contributed by atoms with van der Waals surface area (Å²) in [5.41, 5.74) is 0.322. The maximum absolute atomic E-state index is 11.7. The molecule has 0 atom stereocenters. The van der Waals surface area contributed by atoms with E-state index in [-0.39, 0.29) is 4.90 Å². The highest BCUT2D eigenvalue weighted by Crippen LogP contribution is 2.12. The first-order valence-corrected chi connectivity index (χ1v) is 7.57. The molecule has 0 fully saturated rings. The Bertz CT molecular complexity index is 592. The number of benzene rings is 1. The number of likely N-dealkylation sites (N-methyl/N-ethyl adjacent to an activating group) is 1. The summed E-state index contributed by atoms with van der Waals surface area (Å²) < 4.78 is 22.1. The number of amides is 2. The van der Waals surface area contributed by atoms with E-state index in [4.69, 9.17) is 5.14 Å². The SMILES string of the molecule is CCN(CC)C(=O)C(=O)Nc1ccc(S(N)(=O)=O)cc1. The average Bonchev–Trinajstić information content (AvgIpc) is 2.39. The molecule has 0 aliphatic carbocycles. The van der Waals surface area contributed by atoms with Crippen LogP contribution in [0.3, 0.4) is 0 Å². The molecule has 3 N–H and O–H groups in total. The number of nitrogens with zero attached hydrogens (tertiary/aromatic N) is 1. The second-order valence-corrected chi connectivity index (χ2v) is 5.56. The normalized spacial score (nSPS) is 10.9. The van der Waals surface area contributed by atoms with Gasteiger partial charge in [0.25, 0.3) is 0 Å². The van der Waals surface area contributed by atoms with Crippen LogP contribution in [-0.4, -0.2) is 38.2 Å². The molecule has 1 rings (SSSR count). The van der Waals surface area contributed by atoms with Gasteiger partial charge in [0.15, 0.2) is 0 Å². The third kappa shape index (κ3) is 4.04. The lowest BCUT2D eigenvalue weighted by Gasteiger charge is -2.17. The Balaban J connectivity index is 2.79. The van der Waals surface area contributed by atoms with Crippen LogP contribution < -0.4 is 10.5 Å². The average molecular weight is 299 g/mol. The van der Waals surface area contributed by atoms with Crippen molar-refractivity contribution in [2.45, 2.75) is 18.7 Å². The smallest absolute Gasteiger partial charge is 0.313 e. The van der Waals surface area contributed by atoms with E-state index in [1.165, 1.54) is 29.2 Å². The summed E-state index contributed by atoms with van der Waals surface area (Å²) in [6.45, 7) is 4.42. The fourth-order valence-electron chi connectivity index (χ4n) is 1.57. The van der Waals surface area contributed by atoms with Crippen LogP contribution in [-0.2, 0) is 19.6 Å². The molecule has 0 aliphatic rings. The first-order valence-electron chi connectivity index (χ1n) is 6.02. The van der Waals surface area contributed by atoms with E-state index in [1.807, 2.05) is 0 Å². The Labute approximate surface area is 117 Å². The monoisotopic (exact) mass is 299 g/mol. The minimum atomic E-state index is -3.77. The molecule has 0 bridgehead atoms. The van der Waals surface area contributed by atoms with Crippen LogP contribution in [0.1, 0.15) is 13.8 Å². The zero-order valence-corrected chi connectivity index (χ0v) is 12.1. The standard InChI is InChI=1S/C12H17N3O4S/c1-3-15(4-2)12(17)11(16)14-9-5-7-10(8-6-9)20(13,18)19/h5-8H,3-4H2,1-2H3,(H,14,16)(H2,13,18,19).